The number of nitrogens with zero attached hydrogens (tertiary/aromatic N) is 4. The van der Waals surface area contributed by atoms with E-state index in [2.05, 4.69) is 9.72 Å². The lowest BCUT2D eigenvalue weighted by atomic mass is 10.1. The summed E-state index contributed by atoms with van der Waals surface area (Å²) < 4.78 is 48.2. The summed E-state index contributed by atoms with van der Waals surface area (Å²) in [5.41, 5.74) is 0.878. The maximum atomic E-state index is 13.4. The van der Waals surface area contributed by atoms with Crippen LogP contribution in [0.2, 0.25) is 5.02 Å². The Balaban J connectivity index is 1.60. The van der Waals surface area contributed by atoms with Gasteiger partial charge in [0.05, 0.1) is 12.6 Å². The number of nitro groups is 1. The van der Waals surface area contributed by atoms with E-state index in [-0.39, 0.29) is 43.2 Å². The first-order chi connectivity index (χ1) is 16.1. The Kier molecular flexibility index (Phi) is 6.33. The van der Waals surface area contributed by atoms with Crippen LogP contribution in [0, 0.1) is 10.1 Å². The smallest absolute Gasteiger partial charge is 0.444 e. The average molecular weight is 497 g/mol. The molecule has 0 saturated heterocycles. The number of halogens is 4. The number of imidazole rings is 1. The second-order valence-corrected chi connectivity index (χ2v) is 7.82. The fourth-order valence-electron chi connectivity index (χ4n) is 3.48. The molecule has 0 spiro atoms. The molecule has 2 heterocycles. The molecule has 1 atom stereocenters. The van der Waals surface area contributed by atoms with Gasteiger partial charge in [0.15, 0.2) is 0 Å². The Labute approximate surface area is 195 Å². The summed E-state index contributed by atoms with van der Waals surface area (Å²) in [4.78, 5) is 29.0. The minimum Gasteiger partial charge on any atom is -0.444 e. The van der Waals surface area contributed by atoms with Crippen molar-refractivity contribution >= 4 is 23.3 Å². The number of carbonyl (C=O) groups excluding carboxylic acids is 1. The van der Waals surface area contributed by atoms with Gasteiger partial charge in [0.25, 0.3) is 5.91 Å². The topological polar surface area (TPSA) is 99.7 Å². The van der Waals surface area contributed by atoms with Gasteiger partial charge in [0, 0.05) is 22.1 Å². The first-order valence-electron chi connectivity index (χ1n) is 9.84. The third-order valence-electron chi connectivity index (χ3n) is 5.03. The van der Waals surface area contributed by atoms with Gasteiger partial charge in [-0.3, -0.25) is 9.36 Å². The Bertz CT molecular complexity index is 1200. The molecule has 9 nitrogen and oxygen atoms in total. The van der Waals surface area contributed by atoms with E-state index >= 15 is 0 Å². The number of alkyl halides is 3. The average Bonchev–Trinajstić information content (AvgIpc) is 3.21. The number of ether oxygens (including phenoxy) is 2. The van der Waals surface area contributed by atoms with Gasteiger partial charge >= 0.3 is 18.2 Å². The Morgan fingerprint density at radius 1 is 1.24 bits per heavy atom. The fraction of sp³-hybridized carbons (Fsp3) is 0.238. The van der Waals surface area contributed by atoms with Crippen molar-refractivity contribution in [1.82, 2.24) is 14.5 Å². The molecule has 3 aromatic rings. The summed E-state index contributed by atoms with van der Waals surface area (Å²) in [5.74, 6) is -1.14. The van der Waals surface area contributed by atoms with Gasteiger partial charge in [0.2, 0.25) is 0 Å². The molecule has 0 unspecified atom stereocenters. The first kappa shape index (κ1) is 23.4. The highest BCUT2D eigenvalue weighted by Crippen LogP contribution is 2.27. The van der Waals surface area contributed by atoms with Crippen molar-refractivity contribution in [1.29, 1.82) is 0 Å². The minimum absolute atomic E-state index is 0.0166. The number of rotatable bonds is 6. The third kappa shape index (κ3) is 5.39. The van der Waals surface area contributed by atoms with Crippen molar-refractivity contribution in [3.63, 3.8) is 0 Å². The fourth-order valence-corrected chi connectivity index (χ4v) is 3.60. The van der Waals surface area contributed by atoms with Gasteiger partial charge in [-0.15, -0.1) is 13.2 Å². The monoisotopic (exact) mass is 496 g/mol. The van der Waals surface area contributed by atoms with Crippen LogP contribution in [-0.4, -0.2) is 44.3 Å². The van der Waals surface area contributed by atoms with Crippen LogP contribution in [0.1, 0.15) is 15.9 Å². The standard InChI is InChI=1S/C21H16ClF3N4O5/c22-15-5-3-14(4-6-15)19(30)28(9-13-1-7-17(8-2-13)34-21(23,24)25)16-10-27-11-18(29(31)32)26-20(27)33-12-16/h1-8,11,16H,9-10,12H2/t16-/m0/s1. The van der Waals surface area contributed by atoms with Gasteiger partial charge in [-0.2, -0.15) is 0 Å². The summed E-state index contributed by atoms with van der Waals surface area (Å²) in [5, 5.41) is 11.5. The molecule has 0 fully saturated rings. The molecule has 178 valence electrons. The van der Waals surface area contributed by atoms with Crippen LogP contribution >= 0.6 is 11.6 Å². The third-order valence-corrected chi connectivity index (χ3v) is 5.28. The normalized spacial score (nSPS) is 15.2. The summed E-state index contributed by atoms with van der Waals surface area (Å²) in [6.07, 6.45) is -3.60. The van der Waals surface area contributed by atoms with Crippen molar-refractivity contribution in [2.75, 3.05) is 6.61 Å². The lowest BCUT2D eigenvalue weighted by molar-refractivity contribution is -0.389. The number of fused-ring (bicyclic) bond motifs is 1. The summed E-state index contributed by atoms with van der Waals surface area (Å²) >= 11 is 5.92. The zero-order valence-electron chi connectivity index (χ0n) is 17.2. The number of hydrogen-bond donors (Lipinski definition) is 0. The predicted molar refractivity (Wildman–Crippen MR) is 113 cm³/mol. The van der Waals surface area contributed by atoms with E-state index in [4.69, 9.17) is 16.3 Å². The van der Waals surface area contributed by atoms with E-state index in [1.165, 1.54) is 27.8 Å². The Morgan fingerprint density at radius 2 is 1.91 bits per heavy atom. The van der Waals surface area contributed by atoms with Gasteiger partial charge < -0.3 is 24.5 Å². The van der Waals surface area contributed by atoms with Crippen molar-refractivity contribution in [2.24, 2.45) is 0 Å². The summed E-state index contributed by atoms with van der Waals surface area (Å²) in [6, 6.07) is 10.9. The highest BCUT2D eigenvalue weighted by atomic mass is 35.5. The SMILES string of the molecule is O=C(c1ccc(Cl)cc1)N(Cc1ccc(OC(F)(F)F)cc1)[C@@H]1COc2nc([N+](=O)[O-])cn2C1. The highest BCUT2D eigenvalue weighted by Gasteiger charge is 2.34. The molecule has 2 aromatic carbocycles. The van der Waals surface area contributed by atoms with E-state index in [9.17, 15) is 28.1 Å². The number of benzene rings is 2. The van der Waals surface area contributed by atoms with E-state index in [0.29, 0.717) is 16.1 Å². The molecule has 0 bridgehead atoms. The first-order valence-corrected chi connectivity index (χ1v) is 10.2. The lowest BCUT2D eigenvalue weighted by Crippen LogP contribution is -2.47. The Morgan fingerprint density at radius 3 is 2.53 bits per heavy atom. The molecule has 34 heavy (non-hydrogen) atoms. The zero-order chi connectivity index (χ0) is 24.5. The molecular formula is C21H16ClF3N4O5. The van der Waals surface area contributed by atoms with Crippen molar-refractivity contribution in [3.05, 3.63) is 81.0 Å². The van der Waals surface area contributed by atoms with Crippen LogP contribution in [0.5, 0.6) is 11.8 Å². The van der Waals surface area contributed by atoms with Gasteiger partial charge in [0.1, 0.15) is 18.6 Å². The van der Waals surface area contributed by atoms with Crippen LogP contribution < -0.4 is 9.47 Å². The number of aromatic nitrogens is 2. The van der Waals surface area contributed by atoms with Crippen molar-refractivity contribution in [2.45, 2.75) is 25.5 Å². The maximum Gasteiger partial charge on any atom is 0.573 e. The second-order valence-electron chi connectivity index (χ2n) is 7.39. The molecule has 1 amide bonds. The van der Waals surface area contributed by atoms with Crippen LogP contribution in [0.3, 0.4) is 0 Å². The van der Waals surface area contributed by atoms with Crippen molar-refractivity contribution in [3.8, 4) is 11.8 Å². The lowest BCUT2D eigenvalue weighted by Gasteiger charge is -2.34. The molecule has 4 rings (SSSR count). The largest absolute Gasteiger partial charge is 0.573 e. The minimum atomic E-state index is -4.82. The predicted octanol–water partition coefficient (Wildman–Crippen LogP) is 4.45. The number of amides is 1. The second kappa shape index (κ2) is 9.21. The van der Waals surface area contributed by atoms with E-state index in [1.807, 2.05) is 0 Å². The molecule has 1 aliphatic rings. The van der Waals surface area contributed by atoms with E-state index < -0.39 is 17.3 Å². The molecular weight excluding hydrogens is 481 g/mol. The molecule has 0 radical (unpaired) electrons. The van der Waals surface area contributed by atoms with Gasteiger partial charge in [-0.1, -0.05) is 23.7 Å². The van der Waals surface area contributed by atoms with E-state index in [0.717, 1.165) is 12.1 Å². The summed E-state index contributed by atoms with van der Waals surface area (Å²) in [6.45, 7) is 0.224. The molecule has 1 aromatic heterocycles. The van der Waals surface area contributed by atoms with Crippen LogP contribution in [-0.2, 0) is 13.1 Å². The molecule has 13 heteroatoms. The van der Waals surface area contributed by atoms with Crippen molar-refractivity contribution < 1.29 is 32.4 Å². The van der Waals surface area contributed by atoms with Crippen LogP contribution in [0.4, 0.5) is 19.0 Å². The maximum absolute atomic E-state index is 13.4. The van der Waals surface area contributed by atoms with Crippen LogP contribution in [0.25, 0.3) is 0 Å². The molecule has 0 aliphatic carbocycles. The Hall–Kier alpha value is -3.80. The number of carbonyl (C=O) groups is 1. The molecule has 1 aliphatic heterocycles. The molecule has 0 saturated carbocycles. The van der Waals surface area contributed by atoms with Crippen LogP contribution in [0.15, 0.2) is 54.7 Å². The van der Waals surface area contributed by atoms with Gasteiger partial charge in [-0.25, -0.2) is 0 Å². The van der Waals surface area contributed by atoms with E-state index in [1.54, 1.807) is 24.3 Å². The van der Waals surface area contributed by atoms with Gasteiger partial charge in [-0.05, 0) is 46.9 Å². The molecule has 0 N–H and O–H groups in total. The quantitative estimate of drug-likeness (QED) is 0.369. The summed E-state index contributed by atoms with van der Waals surface area (Å²) in [7, 11) is 0. The zero-order valence-corrected chi connectivity index (χ0v) is 18.0. The highest BCUT2D eigenvalue weighted by molar-refractivity contribution is 6.30. The number of hydrogen-bond acceptors (Lipinski definition) is 6.